The molecule has 1 aromatic carbocycles. The van der Waals surface area contributed by atoms with E-state index in [0.717, 1.165) is 17.0 Å². The third kappa shape index (κ3) is 3.22. The van der Waals surface area contributed by atoms with Crippen molar-refractivity contribution >= 4 is 27.5 Å². The highest BCUT2D eigenvalue weighted by Gasteiger charge is 2.12. The molecule has 0 unspecified atom stereocenters. The summed E-state index contributed by atoms with van der Waals surface area (Å²) in [7, 11) is 0. The van der Waals surface area contributed by atoms with Gasteiger partial charge >= 0.3 is 0 Å². The average molecular weight is 338 g/mol. The number of nitrogens with one attached hydrogen (secondary N) is 1. The highest BCUT2D eigenvalue weighted by Crippen LogP contribution is 2.25. The highest BCUT2D eigenvalue weighted by atomic mass is 79.9. The van der Waals surface area contributed by atoms with E-state index in [-0.39, 0.29) is 5.91 Å². The molecule has 5 heteroatoms. The fourth-order valence-corrected chi connectivity index (χ4v) is 2.32. The van der Waals surface area contributed by atoms with Crippen LogP contribution in [0.4, 0.5) is 5.69 Å². The first-order chi connectivity index (χ1) is 9.65. The average Bonchev–Trinajstić information content (AvgIpc) is 2.87. The van der Waals surface area contributed by atoms with Gasteiger partial charge in [-0.1, -0.05) is 15.9 Å². The number of hydrogen-bond donors (Lipinski definition) is 1. The molecule has 0 aliphatic heterocycles. The fraction of sp³-hybridized carbons (Fsp3) is 0.267. The molecule has 2 rings (SSSR count). The van der Waals surface area contributed by atoms with Gasteiger partial charge in [-0.3, -0.25) is 4.79 Å². The van der Waals surface area contributed by atoms with Crippen molar-refractivity contribution in [3.63, 3.8) is 0 Å². The lowest BCUT2D eigenvalue weighted by molar-refractivity contribution is 0.102. The van der Waals surface area contributed by atoms with Crippen molar-refractivity contribution in [2.75, 3.05) is 11.9 Å². The minimum absolute atomic E-state index is 0.180. The number of halogens is 1. The van der Waals surface area contributed by atoms with Crippen molar-refractivity contribution in [2.45, 2.75) is 19.2 Å². The molecule has 1 aromatic heterocycles. The lowest BCUT2D eigenvalue weighted by Gasteiger charge is -2.11. The second-order valence-corrected chi connectivity index (χ2v) is 4.79. The zero-order valence-electron chi connectivity index (χ0n) is 11.4. The molecular weight excluding hydrogens is 322 g/mol. The number of alkyl halides is 1. The van der Waals surface area contributed by atoms with Crippen LogP contribution in [0.5, 0.6) is 5.75 Å². The lowest BCUT2D eigenvalue weighted by Crippen LogP contribution is -2.12. The van der Waals surface area contributed by atoms with Crippen LogP contribution in [0.2, 0.25) is 0 Å². The van der Waals surface area contributed by atoms with Gasteiger partial charge in [0.2, 0.25) is 0 Å². The van der Waals surface area contributed by atoms with Crippen LogP contribution in [0, 0.1) is 6.92 Å². The van der Waals surface area contributed by atoms with E-state index in [4.69, 9.17) is 9.15 Å². The van der Waals surface area contributed by atoms with E-state index < -0.39 is 0 Å². The molecule has 0 aliphatic carbocycles. The molecule has 0 fully saturated rings. The molecular formula is C15H16BrNO3. The van der Waals surface area contributed by atoms with Crippen molar-refractivity contribution in [1.82, 2.24) is 0 Å². The van der Waals surface area contributed by atoms with Crippen molar-refractivity contribution in [2.24, 2.45) is 0 Å². The Bertz CT molecular complexity index is 607. The van der Waals surface area contributed by atoms with Gasteiger partial charge in [0.1, 0.15) is 11.5 Å². The second kappa shape index (κ2) is 6.61. The maximum absolute atomic E-state index is 12.1. The molecule has 20 heavy (non-hydrogen) atoms. The predicted octanol–water partition coefficient (Wildman–Crippen LogP) is 4.13. The topological polar surface area (TPSA) is 51.5 Å². The van der Waals surface area contributed by atoms with Gasteiger partial charge in [-0.25, -0.2) is 0 Å². The van der Waals surface area contributed by atoms with Gasteiger partial charge in [0.25, 0.3) is 5.91 Å². The number of ether oxygens (including phenoxy) is 1. The van der Waals surface area contributed by atoms with Gasteiger partial charge in [0.05, 0.1) is 18.4 Å². The Hall–Kier alpha value is -1.75. The Kier molecular flexibility index (Phi) is 4.84. The number of carbonyl (C=O) groups is 1. The molecule has 1 N–H and O–H groups in total. The van der Waals surface area contributed by atoms with E-state index in [2.05, 4.69) is 21.2 Å². The van der Waals surface area contributed by atoms with Gasteiger partial charge in [-0.05, 0) is 38.1 Å². The molecule has 2 aromatic rings. The van der Waals surface area contributed by atoms with Gasteiger partial charge < -0.3 is 14.5 Å². The first-order valence-corrected chi connectivity index (χ1v) is 7.45. The molecule has 0 spiro atoms. The van der Waals surface area contributed by atoms with E-state index in [1.165, 1.54) is 6.26 Å². The van der Waals surface area contributed by atoms with Crippen LogP contribution >= 0.6 is 15.9 Å². The zero-order valence-corrected chi connectivity index (χ0v) is 13.0. The number of carbonyl (C=O) groups excluding carboxylic acids is 1. The van der Waals surface area contributed by atoms with E-state index in [0.29, 0.717) is 23.3 Å². The Morgan fingerprint density at radius 3 is 2.80 bits per heavy atom. The van der Waals surface area contributed by atoms with Gasteiger partial charge in [0, 0.05) is 16.6 Å². The molecule has 106 valence electrons. The molecule has 1 heterocycles. The van der Waals surface area contributed by atoms with E-state index in [9.17, 15) is 4.79 Å². The predicted molar refractivity (Wildman–Crippen MR) is 81.6 cm³/mol. The van der Waals surface area contributed by atoms with E-state index >= 15 is 0 Å². The van der Waals surface area contributed by atoms with Gasteiger partial charge in [0.15, 0.2) is 0 Å². The Morgan fingerprint density at radius 1 is 1.40 bits per heavy atom. The number of anilines is 1. The molecule has 1 amide bonds. The van der Waals surface area contributed by atoms with Gasteiger partial charge in [-0.2, -0.15) is 0 Å². The van der Waals surface area contributed by atoms with Gasteiger partial charge in [-0.15, -0.1) is 0 Å². The Balaban J connectivity index is 2.18. The van der Waals surface area contributed by atoms with Crippen LogP contribution in [0.3, 0.4) is 0 Å². The number of rotatable bonds is 5. The largest absolute Gasteiger partial charge is 0.494 e. The Labute approximate surface area is 126 Å². The van der Waals surface area contributed by atoms with Crippen molar-refractivity contribution in [3.05, 3.63) is 47.4 Å². The molecule has 0 bridgehead atoms. The summed E-state index contributed by atoms with van der Waals surface area (Å²) in [5.41, 5.74) is 2.27. The van der Waals surface area contributed by atoms with Crippen molar-refractivity contribution in [3.8, 4) is 5.75 Å². The molecule has 4 nitrogen and oxygen atoms in total. The lowest BCUT2D eigenvalue weighted by atomic mass is 10.2. The standard InChI is InChI=1S/C15H16BrNO3/c1-3-19-14-5-4-12(8-11(14)9-16)17-15(18)13-6-7-20-10(13)2/h4-8H,3,9H2,1-2H3,(H,17,18). The van der Waals surface area contributed by atoms with Crippen LogP contribution in [0.25, 0.3) is 0 Å². The molecule has 0 atom stereocenters. The molecule has 0 radical (unpaired) electrons. The molecule has 0 saturated carbocycles. The van der Waals surface area contributed by atoms with E-state index in [1.54, 1.807) is 13.0 Å². The number of amides is 1. The van der Waals surface area contributed by atoms with Crippen molar-refractivity contribution < 1.29 is 13.9 Å². The first-order valence-electron chi connectivity index (χ1n) is 6.32. The Morgan fingerprint density at radius 2 is 2.20 bits per heavy atom. The zero-order chi connectivity index (χ0) is 14.5. The summed E-state index contributed by atoms with van der Waals surface area (Å²) in [5.74, 6) is 1.25. The number of furan rings is 1. The maximum Gasteiger partial charge on any atom is 0.259 e. The third-order valence-corrected chi connectivity index (χ3v) is 3.47. The second-order valence-electron chi connectivity index (χ2n) is 4.23. The normalized spacial score (nSPS) is 10.3. The number of benzene rings is 1. The van der Waals surface area contributed by atoms with Crippen LogP contribution in [0.1, 0.15) is 28.6 Å². The maximum atomic E-state index is 12.1. The summed E-state index contributed by atoms with van der Waals surface area (Å²) in [5, 5.41) is 3.52. The SMILES string of the molecule is CCOc1ccc(NC(=O)c2ccoc2C)cc1CBr. The van der Waals surface area contributed by atoms with E-state index in [1.807, 2.05) is 25.1 Å². The summed E-state index contributed by atoms with van der Waals surface area (Å²) >= 11 is 3.42. The smallest absolute Gasteiger partial charge is 0.259 e. The van der Waals surface area contributed by atoms with Crippen LogP contribution in [-0.2, 0) is 5.33 Å². The minimum Gasteiger partial charge on any atom is -0.494 e. The summed E-state index contributed by atoms with van der Waals surface area (Å²) < 4.78 is 10.7. The summed E-state index contributed by atoms with van der Waals surface area (Å²) in [4.78, 5) is 12.1. The number of aryl methyl sites for hydroxylation is 1. The molecule has 0 saturated heterocycles. The van der Waals surface area contributed by atoms with Crippen LogP contribution < -0.4 is 10.1 Å². The first kappa shape index (κ1) is 14.7. The van der Waals surface area contributed by atoms with Crippen LogP contribution in [-0.4, -0.2) is 12.5 Å². The van der Waals surface area contributed by atoms with Crippen LogP contribution in [0.15, 0.2) is 34.9 Å². The summed E-state index contributed by atoms with van der Waals surface area (Å²) in [6, 6.07) is 7.24. The minimum atomic E-state index is -0.180. The quantitative estimate of drug-likeness (QED) is 0.834. The summed E-state index contributed by atoms with van der Waals surface area (Å²) in [6.07, 6.45) is 1.51. The summed E-state index contributed by atoms with van der Waals surface area (Å²) in [6.45, 7) is 4.31. The highest BCUT2D eigenvalue weighted by molar-refractivity contribution is 9.08. The fourth-order valence-electron chi connectivity index (χ4n) is 1.88. The molecule has 0 aliphatic rings. The number of hydrogen-bond acceptors (Lipinski definition) is 3. The van der Waals surface area contributed by atoms with Crippen molar-refractivity contribution in [1.29, 1.82) is 0 Å². The monoisotopic (exact) mass is 337 g/mol. The third-order valence-electron chi connectivity index (χ3n) is 2.87.